The molecular formula is C18H13Cl2N5O2S2. The van der Waals surface area contributed by atoms with E-state index in [0.29, 0.717) is 38.2 Å². The van der Waals surface area contributed by atoms with Crippen molar-refractivity contribution < 1.29 is 9.63 Å². The highest BCUT2D eigenvalue weighted by Gasteiger charge is 2.35. The van der Waals surface area contributed by atoms with Gasteiger partial charge in [-0.05, 0) is 36.8 Å². The van der Waals surface area contributed by atoms with Crippen LogP contribution in [0.2, 0.25) is 10.0 Å². The van der Waals surface area contributed by atoms with Crippen LogP contribution in [0.25, 0.3) is 11.0 Å². The van der Waals surface area contributed by atoms with Crippen LogP contribution in [-0.2, 0) is 4.84 Å². The molecule has 0 bridgehead atoms. The van der Waals surface area contributed by atoms with Crippen LogP contribution in [0, 0.1) is 11.3 Å². The number of aromatic amines is 1. The lowest BCUT2D eigenvalue weighted by molar-refractivity contribution is 0.0457. The van der Waals surface area contributed by atoms with E-state index in [0.717, 1.165) is 0 Å². The average Bonchev–Trinajstić information content (AvgIpc) is 3.28. The van der Waals surface area contributed by atoms with Crippen LogP contribution in [0.15, 0.2) is 29.4 Å². The molecule has 0 amide bonds. The highest BCUT2D eigenvalue weighted by atomic mass is 35.5. The maximum absolute atomic E-state index is 13.1. The largest absolute Gasteiger partial charge is 0.366 e. The van der Waals surface area contributed by atoms with Gasteiger partial charge in [0.2, 0.25) is 0 Å². The van der Waals surface area contributed by atoms with Gasteiger partial charge in [0.15, 0.2) is 10.7 Å². The molecule has 0 saturated carbocycles. The number of nitrogens with zero attached hydrogens (tertiary/aromatic N) is 3. The van der Waals surface area contributed by atoms with Crippen LogP contribution in [0.5, 0.6) is 0 Å². The molecule has 2 aromatic carbocycles. The second-order valence-electron chi connectivity index (χ2n) is 5.93. The molecule has 29 heavy (non-hydrogen) atoms. The first-order chi connectivity index (χ1) is 14.0. The van der Waals surface area contributed by atoms with Crippen molar-refractivity contribution >= 4 is 75.1 Å². The van der Waals surface area contributed by atoms with Gasteiger partial charge in [0.05, 0.1) is 32.3 Å². The van der Waals surface area contributed by atoms with E-state index in [2.05, 4.69) is 21.4 Å². The number of anilines is 2. The third kappa shape index (κ3) is 3.36. The van der Waals surface area contributed by atoms with Gasteiger partial charge in [-0.15, -0.1) is 11.8 Å². The highest BCUT2D eigenvalue weighted by molar-refractivity contribution is 7.99. The van der Waals surface area contributed by atoms with Crippen LogP contribution in [0.3, 0.4) is 0 Å². The van der Waals surface area contributed by atoms with Crippen molar-refractivity contribution in [3.05, 3.63) is 45.4 Å². The molecule has 0 radical (unpaired) electrons. The Balaban J connectivity index is 1.75. The second kappa shape index (κ2) is 7.88. The molecule has 3 aromatic rings. The number of hydrogen-bond donors (Lipinski definition) is 2. The molecule has 0 saturated heterocycles. The summed E-state index contributed by atoms with van der Waals surface area (Å²) in [4.78, 5) is 26.3. The lowest BCUT2D eigenvalue weighted by Crippen LogP contribution is -2.35. The smallest absolute Gasteiger partial charge is 0.351 e. The van der Waals surface area contributed by atoms with Crippen molar-refractivity contribution in [2.24, 2.45) is 0 Å². The molecule has 11 heteroatoms. The Morgan fingerprint density at radius 2 is 2.03 bits per heavy atom. The van der Waals surface area contributed by atoms with E-state index >= 15 is 0 Å². The van der Waals surface area contributed by atoms with Crippen LogP contribution in [0.1, 0.15) is 15.9 Å². The maximum atomic E-state index is 13.1. The summed E-state index contributed by atoms with van der Waals surface area (Å²) >= 11 is 15.3. The van der Waals surface area contributed by atoms with E-state index in [4.69, 9.17) is 28.0 Å². The molecular weight excluding hydrogens is 453 g/mol. The first kappa shape index (κ1) is 20.0. The number of nitrogens with one attached hydrogen (secondary N) is 2. The predicted octanol–water partition coefficient (Wildman–Crippen LogP) is 5.11. The van der Waals surface area contributed by atoms with Crippen molar-refractivity contribution in [3.8, 4) is 6.07 Å². The number of benzene rings is 2. The van der Waals surface area contributed by atoms with E-state index in [1.54, 1.807) is 24.3 Å². The first-order valence-electron chi connectivity index (χ1n) is 8.24. The summed E-state index contributed by atoms with van der Waals surface area (Å²) in [6.07, 6.45) is 3.73. The van der Waals surface area contributed by atoms with Gasteiger partial charge >= 0.3 is 5.97 Å². The topological polar surface area (TPSA) is 94.0 Å². The second-order valence-corrected chi connectivity index (χ2v) is 8.46. The zero-order valence-corrected chi connectivity index (χ0v) is 18.3. The SMILES string of the molecule is CSc1nc2ccc(Cl)c(C(=O)ON3c4ccc(Cl)c(C#N)c4NC3SC)c2[nH]1. The van der Waals surface area contributed by atoms with E-state index < -0.39 is 11.5 Å². The third-order valence-electron chi connectivity index (χ3n) is 4.35. The number of imidazole rings is 1. The van der Waals surface area contributed by atoms with Gasteiger partial charge in [0, 0.05) is 0 Å². The molecule has 148 valence electrons. The fraction of sp³-hybridized carbons (Fsp3) is 0.167. The Bertz CT molecular complexity index is 1180. The quantitative estimate of drug-likeness (QED) is 0.512. The van der Waals surface area contributed by atoms with Gasteiger partial charge in [0.25, 0.3) is 0 Å². The predicted molar refractivity (Wildman–Crippen MR) is 118 cm³/mol. The number of carbonyl (C=O) groups excluding carboxylic acids is 1. The molecule has 1 aliphatic rings. The zero-order chi connectivity index (χ0) is 20.7. The number of fused-ring (bicyclic) bond motifs is 2. The molecule has 2 heterocycles. The molecule has 4 rings (SSSR count). The zero-order valence-electron chi connectivity index (χ0n) is 15.1. The Morgan fingerprint density at radius 1 is 1.28 bits per heavy atom. The maximum Gasteiger partial charge on any atom is 0.366 e. The fourth-order valence-electron chi connectivity index (χ4n) is 3.03. The van der Waals surface area contributed by atoms with E-state index in [1.165, 1.54) is 28.6 Å². The summed E-state index contributed by atoms with van der Waals surface area (Å²) in [5.41, 5.74) is 2.24. The first-order valence-corrected chi connectivity index (χ1v) is 11.5. The molecule has 1 atom stereocenters. The summed E-state index contributed by atoms with van der Waals surface area (Å²) in [5, 5.41) is 15.3. The van der Waals surface area contributed by atoms with Crippen LogP contribution in [0.4, 0.5) is 11.4 Å². The van der Waals surface area contributed by atoms with Gasteiger partial charge < -0.3 is 15.1 Å². The molecule has 1 aliphatic heterocycles. The monoisotopic (exact) mass is 465 g/mol. The minimum absolute atomic E-state index is 0.194. The van der Waals surface area contributed by atoms with Crippen molar-refractivity contribution in [2.45, 2.75) is 10.7 Å². The number of nitriles is 1. The Morgan fingerprint density at radius 3 is 2.72 bits per heavy atom. The standard InChI is InChI=1S/C18H13Cl2N5O2S2/c1-28-17-22-11-5-3-10(20)13(15(11)23-17)16(26)27-25-12-6-4-9(19)8(7-21)14(12)24-18(25)29-2/h3-6,18,24H,1-2H3,(H,22,23). The van der Waals surface area contributed by atoms with Gasteiger partial charge in [-0.25, -0.2) is 9.78 Å². The van der Waals surface area contributed by atoms with Crippen LogP contribution < -0.4 is 10.4 Å². The molecule has 1 unspecified atom stereocenters. The number of halogens is 2. The normalized spacial score (nSPS) is 15.1. The molecule has 1 aromatic heterocycles. The molecule has 7 nitrogen and oxygen atoms in total. The number of thioether (sulfide) groups is 2. The lowest BCUT2D eigenvalue weighted by Gasteiger charge is -2.23. The number of H-pyrrole nitrogens is 1. The van der Waals surface area contributed by atoms with Crippen molar-refractivity contribution in [1.29, 1.82) is 5.26 Å². The van der Waals surface area contributed by atoms with Gasteiger partial charge in [-0.3, -0.25) is 0 Å². The summed E-state index contributed by atoms with van der Waals surface area (Å²) in [7, 11) is 0. The Hall–Kier alpha value is -2.25. The van der Waals surface area contributed by atoms with E-state index in [1.807, 2.05) is 12.5 Å². The summed E-state index contributed by atoms with van der Waals surface area (Å²) in [6, 6.07) is 8.72. The molecule has 2 N–H and O–H groups in total. The lowest BCUT2D eigenvalue weighted by atomic mass is 10.1. The minimum Gasteiger partial charge on any atom is -0.351 e. The number of hydroxylamine groups is 1. The fourth-order valence-corrected chi connectivity index (χ4v) is 4.44. The number of aromatic nitrogens is 2. The summed E-state index contributed by atoms with van der Waals surface area (Å²) in [5.74, 6) is -0.640. The number of carbonyl (C=O) groups is 1. The van der Waals surface area contributed by atoms with E-state index in [9.17, 15) is 10.1 Å². The average molecular weight is 466 g/mol. The van der Waals surface area contributed by atoms with Crippen molar-refractivity contribution in [1.82, 2.24) is 9.97 Å². The Labute approximate surface area is 184 Å². The molecule has 0 spiro atoms. The van der Waals surface area contributed by atoms with Crippen LogP contribution in [-0.4, -0.2) is 33.9 Å². The Kier molecular flexibility index (Phi) is 5.44. The van der Waals surface area contributed by atoms with Gasteiger partial charge in [-0.1, -0.05) is 35.0 Å². The van der Waals surface area contributed by atoms with E-state index in [-0.39, 0.29) is 10.6 Å². The third-order valence-corrected chi connectivity index (χ3v) is 6.32. The molecule has 0 fully saturated rings. The van der Waals surface area contributed by atoms with Gasteiger partial charge in [-0.2, -0.15) is 10.3 Å². The van der Waals surface area contributed by atoms with Gasteiger partial charge in [0.1, 0.15) is 17.3 Å². The number of rotatable bonds is 4. The van der Waals surface area contributed by atoms with Crippen LogP contribution >= 0.6 is 46.7 Å². The number of hydrogen-bond acceptors (Lipinski definition) is 8. The van der Waals surface area contributed by atoms with Crippen molar-refractivity contribution in [2.75, 3.05) is 22.9 Å². The molecule has 0 aliphatic carbocycles. The highest BCUT2D eigenvalue weighted by Crippen LogP contribution is 2.43. The minimum atomic E-state index is -0.640. The summed E-state index contributed by atoms with van der Waals surface area (Å²) < 4.78 is 0. The summed E-state index contributed by atoms with van der Waals surface area (Å²) in [6.45, 7) is 0. The van der Waals surface area contributed by atoms with Crippen molar-refractivity contribution in [3.63, 3.8) is 0 Å².